The van der Waals surface area contributed by atoms with Gasteiger partial charge in [-0.2, -0.15) is 5.06 Å². The quantitative estimate of drug-likeness (QED) is 0.202. The molecule has 0 N–H and O–H groups in total. The largest absolute Gasteiger partial charge is 0.290 e. The third kappa shape index (κ3) is 7.33. The van der Waals surface area contributed by atoms with Gasteiger partial charge < -0.3 is 0 Å². The van der Waals surface area contributed by atoms with Crippen LogP contribution in [-0.2, 0) is 4.84 Å². The van der Waals surface area contributed by atoms with Crippen LogP contribution < -0.4 is 0 Å². The van der Waals surface area contributed by atoms with Crippen LogP contribution in [0.3, 0.4) is 0 Å². The van der Waals surface area contributed by atoms with Gasteiger partial charge in [0.1, 0.15) is 6.10 Å². The van der Waals surface area contributed by atoms with Crippen LogP contribution in [0, 0.1) is 0 Å². The summed E-state index contributed by atoms with van der Waals surface area (Å²) >= 11 is 0. The molecule has 2 nitrogen and oxygen atoms in total. The van der Waals surface area contributed by atoms with Gasteiger partial charge in [-0.15, -0.1) is 6.58 Å². The fraction of sp³-hybridized carbons (Fsp3) is 0.267. The van der Waals surface area contributed by atoms with Gasteiger partial charge in [0.25, 0.3) is 0 Å². The third-order valence-corrected chi connectivity index (χ3v) is 5.54. The summed E-state index contributed by atoms with van der Waals surface area (Å²) < 4.78 is 0. The van der Waals surface area contributed by atoms with E-state index in [2.05, 4.69) is 116 Å². The van der Waals surface area contributed by atoms with Gasteiger partial charge in [-0.1, -0.05) is 123 Å². The maximum absolute atomic E-state index is 6.69. The van der Waals surface area contributed by atoms with Gasteiger partial charge in [-0.05, 0) is 36.0 Å². The van der Waals surface area contributed by atoms with E-state index < -0.39 is 0 Å². The molecular formula is C30H35NO. The van der Waals surface area contributed by atoms with Crippen molar-refractivity contribution in [1.82, 2.24) is 5.06 Å². The van der Waals surface area contributed by atoms with Crippen molar-refractivity contribution in [2.75, 3.05) is 6.54 Å². The summed E-state index contributed by atoms with van der Waals surface area (Å²) in [6, 6.07) is 31.8. The first-order valence-corrected chi connectivity index (χ1v) is 11.7. The number of hydrogen-bond acceptors (Lipinski definition) is 2. The molecule has 0 aliphatic carbocycles. The molecule has 3 aromatic carbocycles. The van der Waals surface area contributed by atoms with Gasteiger partial charge in [-0.3, -0.25) is 4.84 Å². The van der Waals surface area contributed by atoms with Crippen molar-refractivity contribution >= 4 is 6.08 Å². The Hall–Kier alpha value is -2.94. The van der Waals surface area contributed by atoms with Gasteiger partial charge in [0.15, 0.2) is 0 Å². The minimum Gasteiger partial charge on any atom is -0.290 e. The maximum atomic E-state index is 6.69. The average molecular weight is 426 g/mol. The van der Waals surface area contributed by atoms with Crippen LogP contribution in [0.2, 0.25) is 0 Å². The number of rotatable bonds is 13. The summed E-state index contributed by atoms with van der Waals surface area (Å²) in [6.45, 7) is 6.89. The van der Waals surface area contributed by atoms with Crippen molar-refractivity contribution in [1.29, 1.82) is 0 Å². The van der Waals surface area contributed by atoms with E-state index in [9.17, 15) is 0 Å². The summed E-state index contributed by atoms with van der Waals surface area (Å²) in [6.07, 6.45) is 10.4. The van der Waals surface area contributed by atoms with Crippen LogP contribution in [0.25, 0.3) is 6.08 Å². The van der Waals surface area contributed by atoms with Gasteiger partial charge in [-0.25, -0.2) is 0 Å². The van der Waals surface area contributed by atoms with Crippen molar-refractivity contribution in [3.05, 3.63) is 126 Å². The van der Waals surface area contributed by atoms with Crippen molar-refractivity contribution < 1.29 is 4.84 Å². The lowest BCUT2D eigenvalue weighted by atomic mass is 10.0. The molecule has 2 atom stereocenters. The maximum Gasteiger partial charge on any atom is 0.104 e. The molecule has 32 heavy (non-hydrogen) atoms. The zero-order chi connectivity index (χ0) is 22.4. The number of nitrogens with zero attached hydrogens (tertiary/aromatic N) is 1. The molecule has 0 saturated heterocycles. The molecule has 3 aromatic rings. The van der Waals surface area contributed by atoms with Crippen molar-refractivity contribution in [2.45, 2.75) is 44.8 Å². The first kappa shape index (κ1) is 23.7. The molecule has 0 spiro atoms. The fourth-order valence-electron chi connectivity index (χ4n) is 3.93. The molecular weight excluding hydrogens is 390 g/mol. The molecule has 0 bridgehead atoms. The summed E-state index contributed by atoms with van der Waals surface area (Å²) in [4.78, 5) is 6.69. The van der Waals surface area contributed by atoms with Crippen LogP contribution in [0.5, 0.6) is 0 Å². The van der Waals surface area contributed by atoms with Crippen LogP contribution in [0.1, 0.15) is 61.4 Å². The monoisotopic (exact) mass is 425 g/mol. The van der Waals surface area contributed by atoms with Crippen molar-refractivity contribution in [3.63, 3.8) is 0 Å². The average Bonchev–Trinajstić information content (AvgIpc) is 2.85. The molecule has 2 unspecified atom stereocenters. The second-order valence-corrected chi connectivity index (χ2v) is 8.00. The van der Waals surface area contributed by atoms with Crippen LogP contribution in [0.15, 0.2) is 110 Å². The molecule has 0 aliphatic rings. The summed E-state index contributed by atoms with van der Waals surface area (Å²) in [7, 11) is 0. The number of hydrogen-bond donors (Lipinski definition) is 0. The highest BCUT2D eigenvalue weighted by Gasteiger charge is 2.24. The topological polar surface area (TPSA) is 12.5 Å². The van der Waals surface area contributed by atoms with Gasteiger partial charge >= 0.3 is 0 Å². The molecule has 3 rings (SSSR count). The van der Waals surface area contributed by atoms with E-state index in [4.69, 9.17) is 4.84 Å². The molecule has 0 amide bonds. The Morgan fingerprint density at radius 1 is 0.812 bits per heavy atom. The van der Waals surface area contributed by atoms with Crippen LogP contribution >= 0.6 is 0 Å². The third-order valence-electron chi connectivity index (χ3n) is 5.54. The minimum absolute atomic E-state index is 0.0345. The van der Waals surface area contributed by atoms with Gasteiger partial charge in [0, 0.05) is 6.54 Å². The Balaban J connectivity index is 1.79. The van der Waals surface area contributed by atoms with Crippen LogP contribution in [0.4, 0.5) is 0 Å². The lowest BCUT2D eigenvalue weighted by Crippen LogP contribution is -2.31. The van der Waals surface area contributed by atoms with E-state index >= 15 is 0 Å². The minimum atomic E-state index is 0.0345. The number of allylic oxidation sites excluding steroid dienone is 1. The molecule has 0 fully saturated rings. The second kappa shape index (κ2) is 13.5. The summed E-state index contributed by atoms with van der Waals surface area (Å²) in [5.41, 5.74) is 3.72. The zero-order valence-corrected chi connectivity index (χ0v) is 19.1. The van der Waals surface area contributed by atoms with E-state index in [1.807, 2.05) is 12.1 Å². The standard InChI is InChI=1S/C30H35NO/c1-3-16-30(28-22-12-7-13-23-28)32-31(25-4-2)29(27-20-10-6-11-21-27)24-15-14-19-26-17-8-5-9-18-26/h4-14,17-23,29-30H,2-3,15-16,24-25H2,1H3/b19-14+. The number of benzene rings is 3. The fourth-order valence-corrected chi connectivity index (χ4v) is 3.93. The Kier molecular flexibility index (Phi) is 9.98. The highest BCUT2D eigenvalue weighted by molar-refractivity contribution is 5.48. The highest BCUT2D eigenvalue weighted by Crippen LogP contribution is 2.32. The molecule has 166 valence electrons. The Labute approximate surface area is 193 Å². The number of hydroxylamine groups is 2. The van der Waals surface area contributed by atoms with Crippen molar-refractivity contribution in [3.8, 4) is 0 Å². The molecule has 2 heteroatoms. The highest BCUT2D eigenvalue weighted by atomic mass is 16.7. The van der Waals surface area contributed by atoms with Crippen molar-refractivity contribution in [2.24, 2.45) is 0 Å². The second-order valence-electron chi connectivity index (χ2n) is 8.00. The van der Waals surface area contributed by atoms with Gasteiger partial charge in [0.05, 0.1) is 6.04 Å². The predicted molar refractivity (Wildman–Crippen MR) is 136 cm³/mol. The summed E-state index contributed by atoms with van der Waals surface area (Å²) in [5, 5.41) is 2.13. The first-order valence-electron chi connectivity index (χ1n) is 11.7. The smallest absolute Gasteiger partial charge is 0.104 e. The lowest BCUT2D eigenvalue weighted by molar-refractivity contribution is -0.223. The molecule has 0 aromatic heterocycles. The van der Waals surface area contributed by atoms with Gasteiger partial charge in [0.2, 0.25) is 0 Å². The Morgan fingerprint density at radius 2 is 1.41 bits per heavy atom. The normalized spacial score (nSPS) is 13.3. The molecule has 0 radical (unpaired) electrons. The Morgan fingerprint density at radius 3 is 2.00 bits per heavy atom. The summed E-state index contributed by atoms with van der Waals surface area (Å²) in [5.74, 6) is 0. The van der Waals surface area contributed by atoms with E-state index in [1.54, 1.807) is 0 Å². The zero-order valence-electron chi connectivity index (χ0n) is 19.1. The van der Waals surface area contributed by atoms with Crippen LogP contribution in [-0.4, -0.2) is 11.6 Å². The SMILES string of the molecule is C=CCN(OC(CCC)c1ccccc1)C(CC/C=C/c1ccccc1)c1ccccc1. The molecule has 0 aliphatic heterocycles. The molecule has 0 saturated carbocycles. The Bertz CT molecular complexity index is 921. The van der Waals surface area contributed by atoms with E-state index in [-0.39, 0.29) is 12.1 Å². The molecule has 0 heterocycles. The van der Waals surface area contributed by atoms with E-state index in [1.165, 1.54) is 16.7 Å². The predicted octanol–water partition coefficient (Wildman–Crippen LogP) is 8.18. The van der Waals surface area contributed by atoms with E-state index in [0.29, 0.717) is 6.54 Å². The van der Waals surface area contributed by atoms with E-state index in [0.717, 1.165) is 25.7 Å². The first-order chi connectivity index (χ1) is 15.8. The lowest BCUT2D eigenvalue weighted by Gasteiger charge is -2.34.